The molecular weight excluding hydrogens is 222 g/mol. The largest absolute Gasteiger partial charge is 0.485 e. The highest BCUT2D eigenvalue weighted by atomic mass is 16.5. The van der Waals surface area contributed by atoms with Crippen molar-refractivity contribution in [1.29, 1.82) is 0 Å². The molecule has 2 heteroatoms. The Morgan fingerprint density at radius 3 is 2.78 bits per heavy atom. The zero-order valence-electron chi connectivity index (χ0n) is 10.3. The first kappa shape index (κ1) is 11.0. The highest BCUT2D eigenvalue weighted by Gasteiger charge is 2.25. The molecule has 0 bridgehead atoms. The molecule has 2 heterocycles. The van der Waals surface area contributed by atoms with Crippen LogP contribution in [0.1, 0.15) is 36.3 Å². The summed E-state index contributed by atoms with van der Waals surface area (Å²) in [6.07, 6.45) is 4.96. The Morgan fingerprint density at radius 2 is 2.00 bits per heavy atom. The number of ether oxygens (including phenoxy) is 1. The lowest BCUT2D eigenvalue weighted by Gasteiger charge is -2.08. The van der Waals surface area contributed by atoms with Crippen molar-refractivity contribution < 1.29 is 4.74 Å². The fraction of sp³-hybridized carbons (Fsp3) is 0.188. The predicted molar refractivity (Wildman–Crippen MR) is 72.7 cm³/mol. The summed E-state index contributed by atoms with van der Waals surface area (Å²) in [5.41, 5.74) is 3.40. The van der Waals surface area contributed by atoms with E-state index in [1.54, 1.807) is 6.20 Å². The first-order valence-electron chi connectivity index (χ1n) is 6.27. The van der Waals surface area contributed by atoms with Crippen molar-refractivity contribution in [1.82, 2.24) is 4.98 Å². The summed E-state index contributed by atoms with van der Waals surface area (Å²) in [7, 11) is 0. The van der Waals surface area contributed by atoms with Gasteiger partial charge in [0.1, 0.15) is 11.9 Å². The number of nitrogens with zero attached hydrogens (tertiary/aromatic N) is 1. The third kappa shape index (κ3) is 1.90. The summed E-state index contributed by atoms with van der Waals surface area (Å²) >= 11 is 0. The highest BCUT2D eigenvalue weighted by Crippen LogP contribution is 2.40. The number of aromatic nitrogens is 1. The molecule has 90 valence electrons. The second-order valence-corrected chi connectivity index (χ2v) is 4.37. The standard InChI is InChI=1S/C16H15NO/c1-2-15-13-8-3-4-9-14(13)16(18-15)11-12-7-5-6-10-17-12/h3-11,15H,2H2,1H3/b16-11+/t15-/m0/s1. The van der Waals surface area contributed by atoms with Gasteiger partial charge in [0.05, 0.1) is 5.69 Å². The number of rotatable bonds is 2. The van der Waals surface area contributed by atoms with Crippen molar-refractivity contribution in [2.24, 2.45) is 0 Å². The highest BCUT2D eigenvalue weighted by molar-refractivity contribution is 5.80. The van der Waals surface area contributed by atoms with Crippen molar-refractivity contribution in [2.75, 3.05) is 0 Å². The van der Waals surface area contributed by atoms with Gasteiger partial charge in [-0.1, -0.05) is 37.3 Å². The van der Waals surface area contributed by atoms with E-state index in [9.17, 15) is 0 Å². The quantitative estimate of drug-likeness (QED) is 0.785. The van der Waals surface area contributed by atoms with Crippen molar-refractivity contribution in [3.8, 4) is 0 Å². The molecule has 1 aliphatic rings. The maximum Gasteiger partial charge on any atom is 0.130 e. The summed E-state index contributed by atoms with van der Waals surface area (Å²) in [6.45, 7) is 2.14. The van der Waals surface area contributed by atoms with Crippen LogP contribution in [0.4, 0.5) is 0 Å². The molecule has 1 aliphatic heterocycles. The van der Waals surface area contributed by atoms with Gasteiger partial charge in [0, 0.05) is 23.4 Å². The van der Waals surface area contributed by atoms with Crippen LogP contribution in [0.15, 0.2) is 48.7 Å². The van der Waals surface area contributed by atoms with Gasteiger partial charge in [0.25, 0.3) is 0 Å². The smallest absolute Gasteiger partial charge is 0.130 e. The van der Waals surface area contributed by atoms with E-state index in [-0.39, 0.29) is 6.10 Å². The Bertz CT molecular complexity index is 575. The SMILES string of the molecule is CC[C@@H]1O/C(=C/c2ccccn2)c2ccccc21. The second-order valence-electron chi connectivity index (χ2n) is 4.37. The molecule has 1 atom stereocenters. The number of hydrogen-bond acceptors (Lipinski definition) is 2. The van der Waals surface area contributed by atoms with Crippen LogP contribution in [0.5, 0.6) is 0 Å². The van der Waals surface area contributed by atoms with Gasteiger partial charge >= 0.3 is 0 Å². The molecule has 0 saturated heterocycles. The fourth-order valence-electron chi connectivity index (χ4n) is 2.29. The summed E-state index contributed by atoms with van der Waals surface area (Å²) in [6, 6.07) is 14.2. The Morgan fingerprint density at radius 1 is 1.17 bits per heavy atom. The van der Waals surface area contributed by atoms with Gasteiger partial charge in [-0.3, -0.25) is 4.98 Å². The Hall–Kier alpha value is -2.09. The van der Waals surface area contributed by atoms with Gasteiger partial charge in [-0.2, -0.15) is 0 Å². The maximum atomic E-state index is 6.01. The molecule has 2 aromatic rings. The van der Waals surface area contributed by atoms with E-state index >= 15 is 0 Å². The van der Waals surface area contributed by atoms with Gasteiger partial charge < -0.3 is 4.74 Å². The first-order chi connectivity index (χ1) is 8.88. The summed E-state index contributed by atoms with van der Waals surface area (Å²) < 4.78 is 6.01. The lowest BCUT2D eigenvalue weighted by molar-refractivity contribution is 0.185. The van der Waals surface area contributed by atoms with Gasteiger partial charge in [0.2, 0.25) is 0 Å². The molecule has 0 N–H and O–H groups in total. The molecule has 2 nitrogen and oxygen atoms in total. The molecular formula is C16H15NO. The molecule has 3 rings (SSSR count). The molecule has 0 radical (unpaired) electrons. The molecule has 18 heavy (non-hydrogen) atoms. The summed E-state index contributed by atoms with van der Waals surface area (Å²) in [4.78, 5) is 4.31. The van der Waals surface area contributed by atoms with Gasteiger partial charge in [-0.15, -0.1) is 0 Å². The minimum atomic E-state index is 0.177. The van der Waals surface area contributed by atoms with Crippen molar-refractivity contribution in [2.45, 2.75) is 19.4 Å². The monoisotopic (exact) mass is 237 g/mol. The van der Waals surface area contributed by atoms with Crippen LogP contribution in [-0.4, -0.2) is 4.98 Å². The maximum absolute atomic E-state index is 6.01. The minimum absolute atomic E-state index is 0.177. The van der Waals surface area contributed by atoms with E-state index in [1.165, 1.54) is 11.1 Å². The number of benzene rings is 1. The zero-order valence-corrected chi connectivity index (χ0v) is 10.3. The molecule has 0 fully saturated rings. The van der Waals surface area contributed by atoms with Crippen LogP contribution in [0.25, 0.3) is 11.8 Å². The van der Waals surface area contributed by atoms with Crippen molar-refractivity contribution in [3.05, 3.63) is 65.5 Å². The Balaban J connectivity index is 2.03. The summed E-state index contributed by atoms with van der Waals surface area (Å²) in [5.74, 6) is 0.927. The number of hydrogen-bond donors (Lipinski definition) is 0. The van der Waals surface area contributed by atoms with Gasteiger partial charge in [0.15, 0.2) is 0 Å². The second kappa shape index (κ2) is 4.65. The fourth-order valence-corrected chi connectivity index (χ4v) is 2.29. The first-order valence-corrected chi connectivity index (χ1v) is 6.27. The third-order valence-electron chi connectivity index (χ3n) is 3.18. The van der Waals surface area contributed by atoms with Crippen LogP contribution in [0.2, 0.25) is 0 Å². The van der Waals surface area contributed by atoms with Crippen LogP contribution < -0.4 is 0 Å². The van der Waals surface area contributed by atoms with E-state index in [0.29, 0.717) is 0 Å². The molecule has 0 saturated carbocycles. The van der Waals surface area contributed by atoms with E-state index in [2.05, 4.69) is 30.1 Å². The van der Waals surface area contributed by atoms with Crippen molar-refractivity contribution in [3.63, 3.8) is 0 Å². The average Bonchev–Trinajstić information content (AvgIpc) is 2.78. The van der Waals surface area contributed by atoms with E-state index in [1.807, 2.05) is 30.3 Å². The Kier molecular flexibility index (Phi) is 2.85. The van der Waals surface area contributed by atoms with Crippen LogP contribution in [0.3, 0.4) is 0 Å². The lowest BCUT2D eigenvalue weighted by atomic mass is 10.0. The van der Waals surface area contributed by atoms with E-state index in [4.69, 9.17) is 4.74 Å². The van der Waals surface area contributed by atoms with Gasteiger partial charge in [-0.05, 0) is 18.6 Å². The minimum Gasteiger partial charge on any atom is -0.485 e. The lowest BCUT2D eigenvalue weighted by Crippen LogP contribution is -1.91. The topological polar surface area (TPSA) is 22.1 Å². The van der Waals surface area contributed by atoms with Crippen LogP contribution in [-0.2, 0) is 4.74 Å². The molecule has 1 aromatic heterocycles. The molecule has 0 unspecified atom stereocenters. The third-order valence-corrected chi connectivity index (χ3v) is 3.18. The van der Waals surface area contributed by atoms with Crippen molar-refractivity contribution >= 4 is 11.8 Å². The average molecular weight is 237 g/mol. The molecule has 1 aromatic carbocycles. The molecule has 0 aliphatic carbocycles. The van der Waals surface area contributed by atoms with E-state index < -0.39 is 0 Å². The Labute approximate surface area is 107 Å². The molecule has 0 amide bonds. The molecule has 0 spiro atoms. The predicted octanol–water partition coefficient (Wildman–Crippen LogP) is 4.06. The number of pyridine rings is 1. The number of fused-ring (bicyclic) bond motifs is 1. The van der Waals surface area contributed by atoms with Crippen LogP contribution in [0, 0.1) is 0 Å². The normalized spacial score (nSPS) is 19.6. The zero-order chi connectivity index (χ0) is 12.4. The van der Waals surface area contributed by atoms with Gasteiger partial charge in [-0.25, -0.2) is 0 Å². The van der Waals surface area contributed by atoms with Crippen LogP contribution >= 0.6 is 0 Å². The van der Waals surface area contributed by atoms with E-state index in [0.717, 1.165) is 17.9 Å². The summed E-state index contributed by atoms with van der Waals surface area (Å²) in [5, 5.41) is 0.